The number of ketones is 3. The Balaban J connectivity index is 0.000000277. The first-order chi connectivity index (χ1) is 64.9. The zero-order chi connectivity index (χ0) is 104. The van der Waals surface area contributed by atoms with E-state index in [1.807, 2.05) is 123 Å². The first-order valence-corrected chi connectivity index (χ1v) is 47.1. The fourth-order valence-corrected chi connectivity index (χ4v) is 14.7. The van der Waals surface area contributed by atoms with Crippen molar-refractivity contribution in [3.05, 3.63) is 189 Å². The second kappa shape index (κ2) is 48.5. The molecule has 3 saturated heterocycles. The van der Waals surface area contributed by atoms with E-state index in [0.717, 1.165) is 57.7 Å². The summed E-state index contributed by atoms with van der Waals surface area (Å²) >= 11 is 12.8. The number of nitrogens with zero attached hydrogens (tertiary/aromatic N) is 4. The molecule has 7 aromatic carbocycles. The Hall–Kier alpha value is -13.1. The van der Waals surface area contributed by atoms with Crippen LogP contribution in [-0.2, 0) is 73.6 Å². The van der Waals surface area contributed by atoms with Gasteiger partial charge in [0.1, 0.15) is 28.5 Å². The monoisotopic (exact) mass is 1960 g/mol. The molecule has 0 aromatic heterocycles. The maximum atomic E-state index is 14.0. The van der Waals surface area contributed by atoms with Crippen molar-refractivity contribution in [2.24, 2.45) is 22.2 Å². The van der Waals surface area contributed by atoms with Crippen LogP contribution in [0.4, 0.5) is 48.5 Å². The Kier molecular flexibility index (Phi) is 39.4. The van der Waals surface area contributed by atoms with Crippen LogP contribution in [0.2, 0.25) is 10.0 Å². The van der Waals surface area contributed by atoms with E-state index in [9.17, 15) is 71.9 Å². The average molecular weight is 1960 g/mol. The highest BCUT2D eigenvalue weighted by Crippen LogP contribution is 2.38. The molecule has 3 fully saturated rings. The molecule has 750 valence electrons. The number of urea groups is 2. The number of hydrogen-bond acceptors (Lipinski definition) is 21. The lowest BCUT2D eigenvalue weighted by atomic mass is 9.85. The first kappa shape index (κ1) is 113. The summed E-state index contributed by atoms with van der Waals surface area (Å²) in [6.45, 7) is 45.8. The van der Waals surface area contributed by atoms with Gasteiger partial charge in [-0.3, -0.25) is 62.4 Å². The van der Waals surface area contributed by atoms with Gasteiger partial charge < -0.3 is 65.6 Å². The van der Waals surface area contributed by atoms with E-state index in [2.05, 4.69) is 58.0 Å². The zero-order valence-electron chi connectivity index (χ0n) is 84.7. The third-order valence-corrected chi connectivity index (χ3v) is 23.3. The number of unbranched alkanes of at least 4 members (excludes halogenated alkanes) is 1. The standard InChI is InChI=1S/C37H43ClN4O7.C32H41ClN4O6.C31H39N3O8.C5H12/c1-8-28(49-29-18-15-22(3)19-23(29)4)32(44)39-25-16-17-26(38)27(20-25)40-33(45)30(31(43)37(5,6)7)42-34(46)35(48-9-2)41(36(42)47)21-24-13-11-10-12-14-24;1-9-10-11-24(43-23-15-12-18(2)16-19(23)3)27(39)34-20-13-14-21(33)22(17-20)35-28(40)25(26(38)31(4,5)6)37-29(41)32(7,8)36-30(37)42;1-10-21(41-22-13-11-17(2)15-18(22)3)26(36)32-19-12-14-23(40-9)20(16-19)33-27(37)24(25(35)30(4,5)6)34-28(38)31(7,8)42-29(34)39;1-4-5(2)3/h10-20,28,30,35H,8-9,21H2,1-7H3,(H,39,44)(H,40,45);12-17,24-25H,9-11H2,1-8H3,(H,34,39)(H,35,40)(H,36,42);11-16,21,24H,10H2,1-9H3,(H,32,36)(H,33,37);5H,4H2,1-3H3. The lowest BCUT2D eigenvalue weighted by molar-refractivity contribution is -0.149. The minimum Gasteiger partial charge on any atom is -0.495 e. The number of amides is 14. The van der Waals surface area contributed by atoms with Crippen molar-refractivity contribution < 1.29 is 100 Å². The molecule has 0 spiro atoms. The number of rotatable bonds is 35. The molecule has 7 N–H and O–H groups in total. The predicted octanol–water partition coefficient (Wildman–Crippen LogP) is 19.1. The van der Waals surface area contributed by atoms with Crippen molar-refractivity contribution in [2.75, 3.05) is 45.6 Å². The molecule has 0 radical (unpaired) electrons. The second-order valence-corrected chi connectivity index (χ2v) is 39.7. The van der Waals surface area contributed by atoms with Crippen LogP contribution < -0.4 is 56.2 Å². The van der Waals surface area contributed by atoms with Crippen LogP contribution in [0.3, 0.4) is 0 Å². The molecule has 139 heavy (non-hydrogen) atoms. The molecule has 32 nitrogen and oxygen atoms in total. The van der Waals surface area contributed by atoms with Gasteiger partial charge in [0.2, 0.25) is 6.23 Å². The molecule has 0 aliphatic carbocycles. The molecular formula is C105H135Cl2N11O21. The van der Waals surface area contributed by atoms with Crippen LogP contribution in [0.15, 0.2) is 140 Å². The summed E-state index contributed by atoms with van der Waals surface area (Å²) in [4.78, 5) is 204. The Labute approximate surface area is 824 Å². The van der Waals surface area contributed by atoms with E-state index in [4.69, 9.17) is 51.6 Å². The van der Waals surface area contributed by atoms with E-state index in [1.165, 1.54) is 82.5 Å². The van der Waals surface area contributed by atoms with Crippen LogP contribution in [0.1, 0.15) is 216 Å². The van der Waals surface area contributed by atoms with Gasteiger partial charge in [0, 0.05) is 39.9 Å². The van der Waals surface area contributed by atoms with Crippen molar-refractivity contribution in [1.82, 2.24) is 24.9 Å². The van der Waals surface area contributed by atoms with Gasteiger partial charge in [-0.15, -0.1) is 0 Å². The topological polar surface area (TPSA) is 409 Å². The second-order valence-electron chi connectivity index (χ2n) is 38.9. The number of nitrogens with one attached hydrogen (secondary N) is 7. The largest absolute Gasteiger partial charge is 0.495 e. The van der Waals surface area contributed by atoms with Crippen molar-refractivity contribution in [3.63, 3.8) is 0 Å². The zero-order valence-corrected chi connectivity index (χ0v) is 86.2. The van der Waals surface area contributed by atoms with E-state index in [-0.39, 0.29) is 51.9 Å². The van der Waals surface area contributed by atoms with Crippen molar-refractivity contribution in [1.29, 1.82) is 0 Å². The van der Waals surface area contributed by atoms with Gasteiger partial charge in [-0.1, -0.05) is 223 Å². The number of halogens is 2. The van der Waals surface area contributed by atoms with E-state index >= 15 is 0 Å². The number of imide groups is 3. The summed E-state index contributed by atoms with van der Waals surface area (Å²) < 4.78 is 34.3. The number of anilines is 6. The molecule has 7 atom stereocenters. The van der Waals surface area contributed by atoms with Crippen LogP contribution in [0, 0.1) is 63.7 Å². The molecule has 14 amide bonds. The van der Waals surface area contributed by atoms with Gasteiger partial charge in [0.15, 0.2) is 59.4 Å². The summed E-state index contributed by atoms with van der Waals surface area (Å²) in [6, 6.07) is 32.6. The highest BCUT2D eigenvalue weighted by atomic mass is 35.5. The number of Topliss-reactive ketones (excluding diaryl/α,β-unsaturated/α-hetero) is 3. The number of aryl methyl sites for hydroxylation is 6. The van der Waals surface area contributed by atoms with Crippen LogP contribution in [0.5, 0.6) is 23.0 Å². The number of cyclic esters (lactones) is 1. The van der Waals surface area contributed by atoms with Gasteiger partial charge >= 0.3 is 18.2 Å². The van der Waals surface area contributed by atoms with Crippen LogP contribution >= 0.6 is 23.2 Å². The van der Waals surface area contributed by atoms with Gasteiger partial charge in [-0.25, -0.2) is 29.1 Å². The minimum atomic E-state index is -1.84. The Morgan fingerprint density at radius 2 is 0.827 bits per heavy atom. The molecule has 34 heteroatoms. The van der Waals surface area contributed by atoms with Crippen molar-refractivity contribution in [3.8, 4) is 23.0 Å². The van der Waals surface area contributed by atoms with Crippen molar-refractivity contribution in [2.45, 2.75) is 279 Å². The number of carbonyl (C=O) groups excluding carboxylic acids is 15. The summed E-state index contributed by atoms with van der Waals surface area (Å²) in [5.74, 6) is -5.42. The highest BCUT2D eigenvalue weighted by Gasteiger charge is 2.58. The summed E-state index contributed by atoms with van der Waals surface area (Å²) in [5, 5.41) is 19.0. The Bertz CT molecular complexity index is 5720. The summed E-state index contributed by atoms with van der Waals surface area (Å²) in [6.07, 6.45) is -0.582. The number of hydrogen-bond donors (Lipinski definition) is 7. The lowest BCUT2D eigenvalue weighted by Gasteiger charge is -2.29. The lowest BCUT2D eigenvalue weighted by Crippen LogP contribution is -2.55. The van der Waals surface area contributed by atoms with Crippen LogP contribution in [0.25, 0.3) is 0 Å². The molecule has 10 rings (SSSR count). The minimum absolute atomic E-state index is 0.0180. The maximum Gasteiger partial charge on any atom is 0.418 e. The third-order valence-electron chi connectivity index (χ3n) is 22.6. The number of ether oxygens (including phenoxy) is 6. The normalized spacial score (nSPS) is 15.7. The molecular weight excluding hydrogens is 1820 g/mol. The van der Waals surface area contributed by atoms with Gasteiger partial charge in [0.25, 0.3) is 53.2 Å². The van der Waals surface area contributed by atoms with Gasteiger partial charge in [-0.05, 0) is 203 Å². The third kappa shape index (κ3) is 29.7. The summed E-state index contributed by atoms with van der Waals surface area (Å²) in [5.41, 5.74) is 1.77. The molecule has 0 saturated carbocycles. The molecule has 7 aromatic rings. The number of carbonyl (C=O) groups is 15. The predicted molar refractivity (Wildman–Crippen MR) is 535 cm³/mol. The average Bonchev–Trinajstić information content (AvgIpc) is 1.54. The fraction of sp³-hybridized carbons (Fsp3) is 0.457. The number of methoxy groups -OCH3 is 1. The molecule has 0 bridgehead atoms. The molecule has 3 aliphatic rings. The first-order valence-electron chi connectivity index (χ1n) is 46.4. The highest BCUT2D eigenvalue weighted by molar-refractivity contribution is 6.35. The SMILES string of the molecule is CCC(C)C.CCC(Oc1ccc(C)cc1C)C(=O)Nc1ccc(OC)c(NC(=O)C(C(=O)C(C)(C)C)N2C(=O)OC(C)(C)C2=O)c1.CCCCC(Oc1ccc(C)cc1C)C(=O)Nc1ccc(Cl)c(NC(=O)C(C(=O)C(C)(C)C)N2C(=O)NC(C)(C)C2=O)c1.CCOC1C(=O)N(C(C(=O)Nc2cc(NC(=O)C(CC)Oc3ccc(C)cc3C)ccc2Cl)C(=O)C(C)(C)C)C(=O)N1Cc1ccccc1. The maximum absolute atomic E-state index is 14.0. The molecule has 3 heterocycles. The Morgan fingerprint density at radius 1 is 0.453 bits per heavy atom. The van der Waals surface area contributed by atoms with E-state index < -0.39 is 153 Å². The number of benzene rings is 7. The summed E-state index contributed by atoms with van der Waals surface area (Å²) in [7, 11) is 1.38. The fourth-order valence-electron chi connectivity index (χ4n) is 14.4. The van der Waals surface area contributed by atoms with Crippen LogP contribution in [-0.4, -0.2) is 176 Å². The Morgan fingerprint density at radius 3 is 1.18 bits per heavy atom. The molecule has 7 unspecified atom stereocenters. The molecule has 3 aliphatic heterocycles. The van der Waals surface area contributed by atoms with E-state index in [1.54, 1.807) is 112 Å². The van der Waals surface area contributed by atoms with Gasteiger partial charge in [0.05, 0.1) is 40.8 Å². The quantitative estimate of drug-likeness (QED) is 0.0143. The van der Waals surface area contributed by atoms with E-state index in [0.29, 0.717) is 68.3 Å². The van der Waals surface area contributed by atoms with Gasteiger partial charge in [-0.2, -0.15) is 0 Å². The van der Waals surface area contributed by atoms with Crippen molar-refractivity contribution >= 4 is 146 Å². The smallest absolute Gasteiger partial charge is 0.418 e.